The quantitative estimate of drug-likeness (QED) is 0.475. The standard InChI is InChI=1S/C21H16N4O5S3/c26-18(13-25-19(27)17(32-21(25)28)12-14-4-2-1-3-5-14)23-15-6-8-16(9-7-15)33(29,30)24-20-22-10-11-31-20/h1-12H,13H2,(H,22,24)(H,23,26)/b17-12-. The highest BCUT2D eigenvalue weighted by molar-refractivity contribution is 8.18. The number of aromatic nitrogens is 1. The van der Waals surface area contributed by atoms with E-state index in [1.165, 1.54) is 30.5 Å². The Hall–Kier alpha value is -3.48. The number of hydrogen-bond donors (Lipinski definition) is 2. The summed E-state index contributed by atoms with van der Waals surface area (Å²) in [5.74, 6) is -1.13. The number of carbonyl (C=O) groups is 3. The molecule has 0 spiro atoms. The zero-order chi connectivity index (χ0) is 23.4. The van der Waals surface area contributed by atoms with Crippen molar-refractivity contribution in [2.75, 3.05) is 16.6 Å². The van der Waals surface area contributed by atoms with Gasteiger partial charge in [-0.25, -0.2) is 13.4 Å². The van der Waals surface area contributed by atoms with Gasteiger partial charge >= 0.3 is 0 Å². The lowest BCUT2D eigenvalue weighted by molar-refractivity contribution is -0.127. The van der Waals surface area contributed by atoms with Gasteiger partial charge in [0, 0.05) is 17.3 Å². The number of hydrogen-bond acceptors (Lipinski definition) is 8. The van der Waals surface area contributed by atoms with Crippen LogP contribution in [0.2, 0.25) is 0 Å². The highest BCUT2D eigenvalue weighted by Gasteiger charge is 2.36. The summed E-state index contributed by atoms with van der Waals surface area (Å²) < 4.78 is 27.1. The third kappa shape index (κ3) is 5.48. The fourth-order valence-corrected chi connectivity index (χ4v) is 5.47. The largest absolute Gasteiger partial charge is 0.325 e. The molecule has 0 unspecified atom stereocenters. The molecule has 1 aliphatic rings. The van der Waals surface area contributed by atoms with Gasteiger partial charge in [-0.15, -0.1) is 11.3 Å². The van der Waals surface area contributed by atoms with E-state index in [1.54, 1.807) is 23.6 Å². The molecular formula is C21H16N4O5S3. The first-order valence-electron chi connectivity index (χ1n) is 9.44. The lowest BCUT2D eigenvalue weighted by atomic mass is 10.2. The molecular weight excluding hydrogens is 484 g/mol. The van der Waals surface area contributed by atoms with E-state index in [2.05, 4.69) is 15.0 Å². The monoisotopic (exact) mass is 500 g/mol. The summed E-state index contributed by atoms with van der Waals surface area (Å²) in [6, 6.07) is 14.6. The van der Waals surface area contributed by atoms with E-state index in [1.807, 2.05) is 18.2 Å². The SMILES string of the molecule is O=C(CN1C(=O)S/C(=C\c2ccccc2)C1=O)Nc1ccc(S(=O)(=O)Nc2nccs2)cc1. The Labute approximate surface area is 197 Å². The number of thioether (sulfide) groups is 1. The molecule has 9 nitrogen and oxygen atoms in total. The number of amides is 3. The second-order valence-electron chi connectivity index (χ2n) is 6.69. The molecule has 0 atom stereocenters. The smallest absolute Gasteiger partial charge is 0.294 e. The first kappa shape index (κ1) is 22.7. The van der Waals surface area contributed by atoms with Gasteiger partial charge < -0.3 is 5.32 Å². The van der Waals surface area contributed by atoms with E-state index < -0.39 is 33.6 Å². The van der Waals surface area contributed by atoms with Gasteiger partial charge in [-0.05, 0) is 47.7 Å². The first-order chi connectivity index (χ1) is 15.8. The van der Waals surface area contributed by atoms with Crippen LogP contribution in [-0.2, 0) is 19.6 Å². The Kier molecular flexibility index (Phi) is 6.58. The molecule has 3 amide bonds. The maximum atomic E-state index is 12.6. The number of nitrogens with one attached hydrogen (secondary N) is 2. The van der Waals surface area contributed by atoms with Crippen molar-refractivity contribution >= 4 is 67.1 Å². The zero-order valence-corrected chi connectivity index (χ0v) is 19.2. The van der Waals surface area contributed by atoms with Crippen LogP contribution in [0.1, 0.15) is 5.56 Å². The van der Waals surface area contributed by atoms with Gasteiger partial charge in [-0.1, -0.05) is 30.3 Å². The predicted molar refractivity (Wildman–Crippen MR) is 127 cm³/mol. The molecule has 1 aromatic heterocycles. The average molecular weight is 501 g/mol. The molecule has 0 saturated carbocycles. The van der Waals surface area contributed by atoms with Crippen molar-refractivity contribution < 1.29 is 22.8 Å². The molecule has 168 valence electrons. The van der Waals surface area contributed by atoms with Crippen LogP contribution in [0.15, 0.2) is 76.0 Å². The Morgan fingerprint density at radius 1 is 1.06 bits per heavy atom. The summed E-state index contributed by atoms with van der Waals surface area (Å²) >= 11 is 1.92. The molecule has 33 heavy (non-hydrogen) atoms. The third-order valence-electron chi connectivity index (χ3n) is 4.38. The number of thiazole rings is 1. The van der Waals surface area contributed by atoms with Crippen LogP contribution in [0.3, 0.4) is 0 Å². The van der Waals surface area contributed by atoms with Crippen LogP contribution >= 0.6 is 23.1 Å². The van der Waals surface area contributed by atoms with E-state index in [4.69, 9.17) is 0 Å². The highest BCUT2D eigenvalue weighted by Crippen LogP contribution is 2.32. The molecule has 0 aliphatic carbocycles. The summed E-state index contributed by atoms with van der Waals surface area (Å²) in [4.78, 5) is 42.2. The second-order valence-corrected chi connectivity index (χ2v) is 10.3. The molecule has 2 N–H and O–H groups in total. The summed E-state index contributed by atoms with van der Waals surface area (Å²) in [5, 5.41) is 3.91. The van der Waals surface area contributed by atoms with Crippen LogP contribution in [-0.4, -0.2) is 41.9 Å². The Morgan fingerprint density at radius 2 is 1.79 bits per heavy atom. The fourth-order valence-electron chi connectivity index (χ4n) is 2.85. The molecule has 12 heteroatoms. The Morgan fingerprint density at radius 3 is 2.45 bits per heavy atom. The van der Waals surface area contributed by atoms with Crippen molar-refractivity contribution in [2.45, 2.75) is 4.90 Å². The van der Waals surface area contributed by atoms with Crippen LogP contribution in [0.4, 0.5) is 15.6 Å². The van der Waals surface area contributed by atoms with Crippen LogP contribution < -0.4 is 10.0 Å². The summed E-state index contributed by atoms with van der Waals surface area (Å²) in [6.45, 7) is -0.456. The van der Waals surface area contributed by atoms with Crippen molar-refractivity contribution in [2.24, 2.45) is 0 Å². The van der Waals surface area contributed by atoms with Crippen molar-refractivity contribution in [3.05, 3.63) is 76.6 Å². The molecule has 4 rings (SSSR count). The number of rotatable bonds is 7. The van der Waals surface area contributed by atoms with E-state index in [-0.39, 0.29) is 14.9 Å². The fraction of sp³-hybridized carbons (Fsp3) is 0.0476. The van der Waals surface area contributed by atoms with Crippen LogP contribution in [0.5, 0.6) is 0 Å². The van der Waals surface area contributed by atoms with Gasteiger partial charge in [0.2, 0.25) is 5.91 Å². The molecule has 2 aromatic carbocycles. The minimum Gasteiger partial charge on any atom is -0.325 e. The minimum absolute atomic E-state index is 0.00677. The van der Waals surface area contributed by atoms with Gasteiger partial charge in [-0.3, -0.25) is 24.0 Å². The van der Waals surface area contributed by atoms with E-state index in [0.717, 1.165) is 33.6 Å². The van der Waals surface area contributed by atoms with E-state index in [9.17, 15) is 22.8 Å². The Bertz CT molecular complexity index is 1320. The zero-order valence-electron chi connectivity index (χ0n) is 16.8. The number of anilines is 2. The van der Waals surface area contributed by atoms with Crippen molar-refractivity contribution in [3.63, 3.8) is 0 Å². The van der Waals surface area contributed by atoms with Gasteiger partial charge in [0.15, 0.2) is 5.13 Å². The van der Waals surface area contributed by atoms with Crippen LogP contribution in [0, 0.1) is 0 Å². The molecule has 1 aliphatic heterocycles. The number of imide groups is 1. The number of nitrogens with zero attached hydrogens (tertiary/aromatic N) is 2. The average Bonchev–Trinajstić information content (AvgIpc) is 3.38. The maximum absolute atomic E-state index is 12.6. The van der Waals surface area contributed by atoms with Crippen molar-refractivity contribution in [1.29, 1.82) is 0 Å². The molecule has 3 aromatic rings. The van der Waals surface area contributed by atoms with Gasteiger partial charge in [-0.2, -0.15) is 0 Å². The third-order valence-corrected chi connectivity index (χ3v) is 7.45. The normalized spacial score (nSPS) is 15.2. The molecule has 0 bridgehead atoms. The molecule has 1 fully saturated rings. The van der Waals surface area contributed by atoms with E-state index >= 15 is 0 Å². The van der Waals surface area contributed by atoms with Crippen molar-refractivity contribution in [3.8, 4) is 0 Å². The lowest BCUT2D eigenvalue weighted by Gasteiger charge is -2.13. The minimum atomic E-state index is -3.82. The number of carbonyl (C=O) groups excluding carboxylic acids is 3. The topological polar surface area (TPSA) is 126 Å². The maximum Gasteiger partial charge on any atom is 0.294 e. The first-order valence-corrected chi connectivity index (χ1v) is 12.6. The molecule has 2 heterocycles. The highest BCUT2D eigenvalue weighted by atomic mass is 32.2. The second kappa shape index (κ2) is 9.57. The van der Waals surface area contributed by atoms with Crippen LogP contribution in [0.25, 0.3) is 6.08 Å². The number of sulfonamides is 1. The lowest BCUT2D eigenvalue weighted by Crippen LogP contribution is -2.36. The van der Waals surface area contributed by atoms with Gasteiger partial charge in [0.1, 0.15) is 6.54 Å². The van der Waals surface area contributed by atoms with Crippen molar-refractivity contribution in [1.82, 2.24) is 9.88 Å². The molecule has 1 saturated heterocycles. The summed E-state index contributed by atoms with van der Waals surface area (Å²) in [6.07, 6.45) is 3.08. The molecule has 0 radical (unpaired) electrons. The van der Waals surface area contributed by atoms with Gasteiger partial charge in [0.05, 0.1) is 9.80 Å². The number of benzene rings is 2. The van der Waals surface area contributed by atoms with E-state index in [0.29, 0.717) is 5.69 Å². The predicted octanol–water partition coefficient (Wildman–Crippen LogP) is 3.62. The van der Waals surface area contributed by atoms with Gasteiger partial charge in [0.25, 0.3) is 21.2 Å². The Balaban J connectivity index is 1.38. The summed E-state index contributed by atoms with van der Waals surface area (Å²) in [7, 11) is -3.82. The summed E-state index contributed by atoms with van der Waals surface area (Å²) in [5.41, 5.74) is 1.09.